The summed E-state index contributed by atoms with van der Waals surface area (Å²) in [6.45, 7) is 9.33. The van der Waals surface area contributed by atoms with Gasteiger partial charge in [-0.25, -0.2) is 4.79 Å². The van der Waals surface area contributed by atoms with E-state index in [1.54, 1.807) is 20.8 Å². The molecule has 0 saturated heterocycles. The van der Waals surface area contributed by atoms with Gasteiger partial charge in [-0.2, -0.15) is 0 Å². The molecule has 0 saturated carbocycles. The van der Waals surface area contributed by atoms with Crippen LogP contribution in [0.1, 0.15) is 60.3 Å². The molecular weight excluding hydrogens is 330 g/mol. The lowest BCUT2D eigenvalue weighted by Crippen LogP contribution is -2.45. The van der Waals surface area contributed by atoms with Gasteiger partial charge in [-0.15, -0.1) is 11.8 Å². The number of amides is 1. The Morgan fingerprint density at radius 1 is 1.12 bits per heavy atom. The normalized spacial score (nSPS) is 12.8. The molecule has 0 radical (unpaired) electrons. The number of rotatable bonds is 11. The number of carboxylic acids is 1. The van der Waals surface area contributed by atoms with Crippen molar-refractivity contribution in [3.8, 4) is 0 Å². The van der Waals surface area contributed by atoms with Crippen LogP contribution in [0, 0.1) is 5.92 Å². The third kappa shape index (κ3) is 10.5. The Bertz CT molecular complexity index is 414. The maximum atomic E-state index is 12.2. The average Bonchev–Trinajstić information content (AvgIpc) is 2.43. The molecule has 0 aromatic carbocycles. The van der Waals surface area contributed by atoms with Crippen LogP contribution in [0.25, 0.3) is 0 Å². The maximum Gasteiger partial charge on any atom is 0.327 e. The summed E-state index contributed by atoms with van der Waals surface area (Å²) in [5, 5.41) is 11.9. The zero-order valence-corrected chi connectivity index (χ0v) is 16.2. The highest BCUT2D eigenvalue weighted by Gasteiger charge is 2.25. The number of hydrogen-bond acceptors (Lipinski definition) is 5. The van der Waals surface area contributed by atoms with Crippen molar-refractivity contribution in [3.05, 3.63) is 0 Å². The largest absolute Gasteiger partial charge is 0.480 e. The van der Waals surface area contributed by atoms with Gasteiger partial charge in [0.05, 0.1) is 5.75 Å². The lowest BCUT2D eigenvalue weighted by Gasteiger charge is -2.21. The number of esters is 1. The lowest BCUT2D eigenvalue weighted by molar-refractivity contribution is -0.151. The topological polar surface area (TPSA) is 92.7 Å². The fourth-order valence-corrected chi connectivity index (χ4v) is 3.00. The Balaban J connectivity index is 4.47. The van der Waals surface area contributed by atoms with E-state index >= 15 is 0 Å². The van der Waals surface area contributed by atoms with Crippen molar-refractivity contribution in [1.29, 1.82) is 0 Å². The second-order valence-corrected chi connectivity index (χ2v) is 7.81. The molecule has 2 N–H and O–H groups in total. The summed E-state index contributed by atoms with van der Waals surface area (Å²) in [7, 11) is 0. The van der Waals surface area contributed by atoms with E-state index in [0.717, 1.165) is 37.4 Å². The molecule has 1 atom stereocenters. The van der Waals surface area contributed by atoms with Gasteiger partial charge in [0.1, 0.15) is 11.6 Å². The number of nitrogens with one attached hydrogen (secondary N) is 1. The molecule has 140 valence electrons. The third-order valence-electron chi connectivity index (χ3n) is 3.18. The minimum absolute atomic E-state index is 0.0598. The van der Waals surface area contributed by atoms with Crippen molar-refractivity contribution in [2.75, 3.05) is 11.5 Å². The van der Waals surface area contributed by atoms with Crippen LogP contribution in [-0.4, -0.2) is 46.1 Å². The second kappa shape index (κ2) is 11.3. The third-order valence-corrected chi connectivity index (χ3v) is 4.19. The molecule has 0 aliphatic carbocycles. The van der Waals surface area contributed by atoms with Crippen LogP contribution in [0.5, 0.6) is 0 Å². The first kappa shape index (κ1) is 22.8. The lowest BCUT2D eigenvalue weighted by atomic mass is 9.97. The second-order valence-electron chi connectivity index (χ2n) is 6.78. The van der Waals surface area contributed by atoms with Crippen LogP contribution in [0.3, 0.4) is 0 Å². The summed E-state index contributed by atoms with van der Waals surface area (Å²) in [5.41, 5.74) is -0.564. The molecule has 0 rings (SSSR count). The van der Waals surface area contributed by atoms with Crippen LogP contribution < -0.4 is 5.32 Å². The van der Waals surface area contributed by atoms with E-state index in [0.29, 0.717) is 0 Å². The predicted octanol–water partition coefficient (Wildman–Crippen LogP) is 2.85. The van der Waals surface area contributed by atoms with Crippen molar-refractivity contribution >= 4 is 29.6 Å². The van der Waals surface area contributed by atoms with Gasteiger partial charge in [-0.1, -0.05) is 26.7 Å². The quantitative estimate of drug-likeness (QED) is 0.550. The monoisotopic (exact) mass is 361 g/mol. The fourth-order valence-electron chi connectivity index (χ4n) is 2.20. The van der Waals surface area contributed by atoms with Gasteiger partial charge < -0.3 is 15.2 Å². The van der Waals surface area contributed by atoms with Crippen LogP contribution in [-0.2, 0) is 19.1 Å². The van der Waals surface area contributed by atoms with Crippen LogP contribution in [0.4, 0.5) is 0 Å². The minimum atomic E-state index is -1.09. The van der Waals surface area contributed by atoms with E-state index in [9.17, 15) is 19.5 Å². The molecule has 0 aliphatic heterocycles. The molecule has 0 aliphatic rings. The number of carbonyl (C=O) groups is 3. The summed E-state index contributed by atoms with van der Waals surface area (Å²) >= 11 is 1.15. The summed E-state index contributed by atoms with van der Waals surface area (Å²) in [6.07, 6.45) is 3.25. The van der Waals surface area contributed by atoms with E-state index in [1.807, 2.05) is 13.8 Å². The van der Waals surface area contributed by atoms with Gasteiger partial charge in [-0.05, 0) is 33.6 Å². The molecule has 0 aromatic rings. The number of aliphatic carboxylic acids is 1. The number of thioether (sulfide) groups is 1. The molecule has 0 fully saturated rings. The molecular formula is C17H31NO5S. The van der Waals surface area contributed by atoms with E-state index < -0.39 is 23.6 Å². The summed E-state index contributed by atoms with van der Waals surface area (Å²) in [6, 6.07) is -0.999. The van der Waals surface area contributed by atoms with Crippen molar-refractivity contribution in [3.63, 3.8) is 0 Å². The van der Waals surface area contributed by atoms with Crippen LogP contribution >= 0.6 is 11.8 Å². The molecule has 1 amide bonds. The van der Waals surface area contributed by atoms with Crippen molar-refractivity contribution in [2.45, 2.75) is 71.9 Å². The van der Waals surface area contributed by atoms with Gasteiger partial charge in [0.15, 0.2) is 0 Å². The minimum Gasteiger partial charge on any atom is -0.480 e. The Morgan fingerprint density at radius 3 is 2.08 bits per heavy atom. The standard InChI is InChI=1S/C17H31NO5S/c1-6-8-12(9-7-2)15(20)18-13(16(21)22)10-24-11-14(19)23-17(3,4)5/h12-13H,6-11H2,1-5H3,(H,18,20)(H,21,22)/t13-/m0/s1. The van der Waals surface area contributed by atoms with Gasteiger partial charge >= 0.3 is 11.9 Å². The first-order chi connectivity index (χ1) is 11.1. The summed E-state index contributed by atoms with van der Waals surface area (Å²) in [5.74, 6) is -1.67. The Kier molecular flexibility index (Phi) is 10.8. The molecule has 6 nitrogen and oxygen atoms in total. The van der Waals surface area contributed by atoms with Crippen LogP contribution in [0.2, 0.25) is 0 Å². The summed E-state index contributed by atoms with van der Waals surface area (Å²) < 4.78 is 5.17. The average molecular weight is 362 g/mol. The van der Waals surface area contributed by atoms with E-state index in [4.69, 9.17) is 4.74 Å². The smallest absolute Gasteiger partial charge is 0.327 e. The number of ether oxygens (including phenoxy) is 1. The van der Waals surface area contributed by atoms with Gasteiger partial charge in [-0.3, -0.25) is 9.59 Å². The zero-order chi connectivity index (χ0) is 18.8. The number of carboxylic acid groups (broad SMARTS) is 1. The van der Waals surface area contributed by atoms with E-state index in [2.05, 4.69) is 5.32 Å². The molecule has 24 heavy (non-hydrogen) atoms. The first-order valence-electron chi connectivity index (χ1n) is 8.43. The number of carbonyl (C=O) groups excluding carboxylic acids is 2. The predicted molar refractivity (Wildman–Crippen MR) is 96.0 cm³/mol. The highest BCUT2D eigenvalue weighted by molar-refractivity contribution is 8.00. The molecule has 0 aromatic heterocycles. The van der Waals surface area contributed by atoms with Gasteiger partial charge in [0.2, 0.25) is 5.91 Å². The van der Waals surface area contributed by atoms with Gasteiger partial charge in [0.25, 0.3) is 0 Å². The van der Waals surface area contributed by atoms with E-state index in [1.165, 1.54) is 0 Å². The van der Waals surface area contributed by atoms with Crippen molar-refractivity contribution in [2.24, 2.45) is 5.92 Å². The number of hydrogen-bond donors (Lipinski definition) is 2. The molecule has 0 unspecified atom stereocenters. The summed E-state index contributed by atoms with van der Waals surface area (Å²) in [4.78, 5) is 35.2. The molecule has 0 spiro atoms. The first-order valence-corrected chi connectivity index (χ1v) is 9.58. The van der Waals surface area contributed by atoms with Crippen molar-refractivity contribution in [1.82, 2.24) is 5.32 Å². The molecule has 0 heterocycles. The highest BCUT2D eigenvalue weighted by atomic mass is 32.2. The van der Waals surface area contributed by atoms with Crippen molar-refractivity contribution < 1.29 is 24.2 Å². The molecule has 0 bridgehead atoms. The van der Waals surface area contributed by atoms with E-state index in [-0.39, 0.29) is 23.3 Å². The molecule has 7 heteroatoms. The Labute approximate surface area is 149 Å². The zero-order valence-electron chi connectivity index (χ0n) is 15.4. The van der Waals surface area contributed by atoms with Crippen LogP contribution in [0.15, 0.2) is 0 Å². The van der Waals surface area contributed by atoms with Gasteiger partial charge in [0, 0.05) is 11.7 Å². The maximum absolute atomic E-state index is 12.2. The highest BCUT2D eigenvalue weighted by Crippen LogP contribution is 2.15. The SMILES string of the molecule is CCCC(CCC)C(=O)N[C@@H](CSCC(=O)OC(C)(C)C)C(=O)O. The Morgan fingerprint density at radius 2 is 1.67 bits per heavy atom. The fraction of sp³-hybridized carbons (Fsp3) is 0.824. The Hall–Kier alpha value is -1.24.